The SMILES string of the molecule is CC[C@H](NC(=O)c1cn(CCOC)cc(C(=O)NCc2ccc(F)cc2F)c1=O)c1cccs1. The van der Waals surface area contributed by atoms with Gasteiger partial charge in [-0.3, -0.25) is 14.4 Å². The molecule has 0 radical (unpaired) electrons. The maximum atomic E-state index is 13.9. The number of carbonyl (C=O) groups is 2. The third-order valence-corrected chi connectivity index (χ3v) is 6.16. The molecule has 2 N–H and O–H groups in total. The van der Waals surface area contributed by atoms with Gasteiger partial charge < -0.3 is 19.9 Å². The average molecular weight is 490 g/mol. The summed E-state index contributed by atoms with van der Waals surface area (Å²) in [5.41, 5.74) is -1.14. The number of aromatic nitrogens is 1. The lowest BCUT2D eigenvalue weighted by molar-refractivity contribution is 0.0933. The van der Waals surface area contributed by atoms with E-state index < -0.39 is 28.9 Å². The second kappa shape index (κ2) is 11.7. The quantitative estimate of drug-likeness (QED) is 0.455. The van der Waals surface area contributed by atoms with Gasteiger partial charge in [0.05, 0.1) is 12.6 Å². The largest absolute Gasteiger partial charge is 0.383 e. The van der Waals surface area contributed by atoms with Crippen LogP contribution in [0.2, 0.25) is 0 Å². The maximum Gasteiger partial charge on any atom is 0.257 e. The highest BCUT2D eigenvalue weighted by molar-refractivity contribution is 7.10. The lowest BCUT2D eigenvalue weighted by atomic mass is 10.1. The van der Waals surface area contributed by atoms with Crippen molar-refractivity contribution >= 4 is 23.2 Å². The van der Waals surface area contributed by atoms with Crippen LogP contribution in [0.1, 0.15) is 50.5 Å². The van der Waals surface area contributed by atoms with Crippen LogP contribution < -0.4 is 16.1 Å². The Labute approximate surface area is 199 Å². The fourth-order valence-electron chi connectivity index (χ4n) is 3.32. The van der Waals surface area contributed by atoms with Gasteiger partial charge in [0.25, 0.3) is 11.8 Å². The van der Waals surface area contributed by atoms with E-state index in [4.69, 9.17) is 4.74 Å². The van der Waals surface area contributed by atoms with E-state index in [0.29, 0.717) is 25.6 Å². The Bertz CT molecular complexity index is 1210. The predicted octanol–water partition coefficient (Wildman–Crippen LogP) is 3.65. The summed E-state index contributed by atoms with van der Waals surface area (Å²) < 4.78 is 33.6. The smallest absolute Gasteiger partial charge is 0.257 e. The molecule has 0 fully saturated rings. The number of ether oxygens (including phenoxy) is 1. The van der Waals surface area contributed by atoms with Crippen LogP contribution in [0.25, 0.3) is 0 Å². The van der Waals surface area contributed by atoms with Crippen LogP contribution in [0.5, 0.6) is 0 Å². The zero-order chi connectivity index (χ0) is 24.7. The molecule has 10 heteroatoms. The van der Waals surface area contributed by atoms with Crippen LogP contribution in [0.4, 0.5) is 8.78 Å². The topological polar surface area (TPSA) is 89.4 Å². The molecule has 0 unspecified atom stereocenters. The molecule has 3 aromatic rings. The molecular formula is C24H25F2N3O4S. The Balaban J connectivity index is 1.87. The van der Waals surface area contributed by atoms with Gasteiger partial charge in [-0.15, -0.1) is 11.3 Å². The maximum absolute atomic E-state index is 13.9. The van der Waals surface area contributed by atoms with Crippen molar-refractivity contribution in [2.24, 2.45) is 0 Å². The van der Waals surface area contributed by atoms with Crippen LogP contribution in [0.15, 0.2) is 52.9 Å². The lowest BCUT2D eigenvalue weighted by Gasteiger charge is -2.17. The standard InChI is InChI=1S/C24H25F2N3O4S/c1-3-20(21-5-4-10-34-21)28-24(32)18-14-29(8-9-33-2)13-17(22(18)30)23(31)27-12-15-6-7-16(25)11-19(15)26/h4-7,10-11,13-14,20H,3,8-9,12H2,1-2H3,(H,27,31)(H,28,32)/t20-/m0/s1. The molecule has 0 aliphatic rings. The molecule has 7 nitrogen and oxygen atoms in total. The van der Waals surface area contributed by atoms with Gasteiger partial charge in [-0.2, -0.15) is 0 Å². The van der Waals surface area contributed by atoms with Gasteiger partial charge >= 0.3 is 0 Å². The Kier molecular flexibility index (Phi) is 8.67. The number of carbonyl (C=O) groups excluding carboxylic acids is 2. The van der Waals surface area contributed by atoms with Crippen molar-refractivity contribution in [3.8, 4) is 0 Å². The summed E-state index contributed by atoms with van der Waals surface area (Å²) in [6.45, 7) is 2.25. The van der Waals surface area contributed by atoms with Crippen LogP contribution in [0.3, 0.4) is 0 Å². The van der Waals surface area contributed by atoms with Gasteiger partial charge in [0.1, 0.15) is 22.8 Å². The Hall–Kier alpha value is -3.37. The van der Waals surface area contributed by atoms with Gasteiger partial charge in [0, 0.05) is 49.1 Å². The second-order valence-corrected chi connectivity index (χ2v) is 8.49. The highest BCUT2D eigenvalue weighted by Crippen LogP contribution is 2.22. The number of rotatable bonds is 10. The first-order chi connectivity index (χ1) is 16.3. The predicted molar refractivity (Wildman–Crippen MR) is 125 cm³/mol. The number of benzene rings is 1. The molecule has 3 rings (SSSR count). The molecule has 2 amide bonds. The summed E-state index contributed by atoms with van der Waals surface area (Å²) in [4.78, 5) is 39.8. The third-order valence-electron chi connectivity index (χ3n) is 5.18. The Morgan fingerprint density at radius 2 is 1.88 bits per heavy atom. The summed E-state index contributed by atoms with van der Waals surface area (Å²) in [7, 11) is 1.51. The van der Waals surface area contributed by atoms with Crippen LogP contribution in [-0.2, 0) is 17.8 Å². The minimum absolute atomic E-state index is 0.0603. The Morgan fingerprint density at radius 3 is 2.50 bits per heavy atom. The number of thiophene rings is 1. The molecule has 2 aromatic heterocycles. The van der Waals surface area contributed by atoms with Crippen molar-refractivity contribution < 1.29 is 23.1 Å². The summed E-state index contributed by atoms with van der Waals surface area (Å²) in [6.07, 6.45) is 3.33. The minimum Gasteiger partial charge on any atom is -0.383 e. The highest BCUT2D eigenvalue weighted by atomic mass is 32.1. The number of hydrogen-bond donors (Lipinski definition) is 2. The average Bonchev–Trinajstić information content (AvgIpc) is 3.35. The first-order valence-electron chi connectivity index (χ1n) is 10.6. The number of halogens is 2. The first-order valence-corrected chi connectivity index (χ1v) is 11.5. The van der Waals surface area contributed by atoms with Crippen molar-refractivity contribution in [3.05, 3.63) is 91.5 Å². The molecule has 0 bridgehead atoms. The van der Waals surface area contributed by atoms with E-state index in [2.05, 4.69) is 10.6 Å². The molecular weight excluding hydrogens is 464 g/mol. The van der Waals surface area contributed by atoms with Crippen LogP contribution >= 0.6 is 11.3 Å². The summed E-state index contributed by atoms with van der Waals surface area (Å²) >= 11 is 1.49. The molecule has 0 saturated carbocycles. The summed E-state index contributed by atoms with van der Waals surface area (Å²) in [5, 5.41) is 7.22. The molecule has 2 heterocycles. The van der Waals surface area contributed by atoms with E-state index in [1.54, 1.807) is 0 Å². The summed E-state index contributed by atoms with van der Waals surface area (Å²) in [6, 6.07) is 6.49. The second-order valence-electron chi connectivity index (χ2n) is 7.51. The van der Waals surface area contributed by atoms with E-state index >= 15 is 0 Å². The molecule has 0 aliphatic carbocycles. The monoisotopic (exact) mass is 489 g/mol. The van der Waals surface area contributed by atoms with E-state index in [1.807, 2.05) is 24.4 Å². The van der Waals surface area contributed by atoms with Crippen LogP contribution in [-0.4, -0.2) is 30.1 Å². The van der Waals surface area contributed by atoms with Crippen molar-refractivity contribution in [1.29, 1.82) is 0 Å². The fraction of sp³-hybridized carbons (Fsp3) is 0.292. The molecule has 1 aromatic carbocycles. The van der Waals surface area contributed by atoms with Gasteiger partial charge in [-0.05, 0) is 23.9 Å². The zero-order valence-electron chi connectivity index (χ0n) is 18.8. The van der Waals surface area contributed by atoms with E-state index in [1.165, 1.54) is 41.5 Å². The Morgan fingerprint density at radius 1 is 1.15 bits per heavy atom. The molecule has 180 valence electrons. The molecule has 1 atom stereocenters. The molecule has 0 aliphatic heterocycles. The number of nitrogens with one attached hydrogen (secondary N) is 2. The third kappa shape index (κ3) is 6.15. The lowest BCUT2D eigenvalue weighted by Crippen LogP contribution is -2.36. The van der Waals surface area contributed by atoms with E-state index in [9.17, 15) is 23.2 Å². The van der Waals surface area contributed by atoms with Gasteiger partial charge in [0.2, 0.25) is 5.43 Å². The zero-order valence-corrected chi connectivity index (χ0v) is 19.6. The van der Waals surface area contributed by atoms with Crippen molar-refractivity contribution in [2.75, 3.05) is 13.7 Å². The highest BCUT2D eigenvalue weighted by Gasteiger charge is 2.22. The molecule has 0 spiro atoms. The van der Waals surface area contributed by atoms with Gasteiger partial charge in [-0.1, -0.05) is 19.1 Å². The van der Waals surface area contributed by atoms with Crippen molar-refractivity contribution in [1.82, 2.24) is 15.2 Å². The first kappa shape index (κ1) is 25.3. The van der Waals surface area contributed by atoms with Gasteiger partial charge in [-0.25, -0.2) is 8.78 Å². The minimum atomic E-state index is -0.815. The number of methoxy groups -OCH3 is 1. The molecule has 34 heavy (non-hydrogen) atoms. The fourth-order valence-corrected chi connectivity index (χ4v) is 4.18. The van der Waals surface area contributed by atoms with Crippen molar-refractivity contribution in [3.63, 3.8) is 0 Å². The number of pyridine rings is 1. The van der Waals surface area contributed by atoms with Gasteiger partial charge in [0.15, 0.2) is 0 Å². The van der Waals surface area contributed by atoms with Crippen molar-refractivity contribution in [2.45, 2.75) is 32.5 Å². The summed E-state index contributed by atoms with van der Waals surface area (Å²) in [5.74, 6) is -2.93. The number of amides is 2. The normalized spacial score (nSPS) is 11.8. The van der Waals surface area contributed by atoms with E-state index in [-0.39, 0.29) is 29.3 Å². The molecule has 0 saturated heterocycles. The van der Waals surface area contributed by atoms with Crippen LogP contribution in [0, 0.1) is 11.6 Å². The number of nitrogens with zero attached hydrogens (tertiary/aromatic N) is 1. The number of hydrogen-bond acceptors (Lipinski definition) is 5. The van der Waals surface area contributed by atoms with E-state index in [0.717, 1.165) is 10.9 Å².